The summed E-state index contributed by atoms with van der Waals surface area (Å²) < 4.78 is 7.69. The largest absolute Gasteiger partial charge is 0.378 e. The van der Waals surface area contributed by atoms with Crippen molar-refractivity contribution in [2.45, 2.75) is 57.9 Å². The van der Waals surface area contributed by atoms with E-state index in [2.05, 4.69) is 21.4 Å². The number of para-hydroxylation sites is 2. The number of nitro benzene ring substituents is 1. The number of nitrogens with zero attached hydrogens (tertiary/aromatic N) is 4. The molecule has 0 radical (unpaired) electrons. The van der Waals surface area contributed by atoms with Crippen molar-refractivity contribution in [1.82, 2.24) is 20.0 Å². The third-order valence-electron chi connectivity index (χ3n) is 7.09. The third kappa shape index (κ3) is 4.89. The fourth-order valence-electron chi connectivity index (χ4n) is 5.34. The molecule has 5 rings (SSSR count). The van der Waals surface area contributed by atoms with E-state index in [1.807, 2.05) is 54.9 Å². The van der Waals surface area contributed by atoms with E-state index in [1.54, 1.807) is 12.1 Å². The van der Waals surface area contributed by atoms with Gasteiger partial charge in [0, 0.05) is 41.7 Å². The van der Waals surface area contributed by atoms with Crippen LogP contribution in [-0.4, -0.2) is 56.9 Å². The molecule has 3 heterocycles. The quantitative estimate of drug-likeness (QED) is 0.305. The summed E-state index contributed by atoms with van der Waals surface area (Å²) in [5.41, 5.74) is 3.42. The normalized spacial score (nSPS) is 21.8. The second-order valence-electron chi connectivity index (χ2n) is 9.87. The van der Waals surface area contributed by atoms with Crippen LogP contribution in [0, 0.1) is 10.1 Å². The molecule has 2 fully saturated rings. The molecular formula is C27H31N5O4. The Bertz CT molecular complexity index is 1300. The standard InChI is InChI=1S/C27H31N5O4/c1-18(2)11-12-31-25-10-6-4-8-23(25)26(29-31)27(33)28-20-13-21-16-36-17-22(14-20)30(21)15-19-7-3-5-9-24(19)32(34)35/h3-11,20-22H,12-17H2,1-2H3,(H,28,33). The average Bonchev–Trinajstić information content (AvgIpc) is 3.22. The summed E-state index contributed by atoms with van der Waals surface area (Å²) >= 11 is 0. The topological polar surface area (TPSA) is 103 Å². The number of hydrogen-bond acceptors (Lipinski definition) is 6. The number of aromatic nitrogens is 2. The zero-order valence-corrected chi connectivity index (χ0v) is 20.6. The number of fused-ring (bicyclic) bond motifs is 3. The van der Waals surface area contributed by atoms with E-state index in [1.165, 1.54) is 5.57 Å². The molecule has 1 N–H and O–H groups in total. The molecule has 2 unspecified atom stereocenters. The number of morpholine rings is 1. The molecule has 2 aliphatic rings. The Morgan fingerprint density at radius 2 is 1.83 bits per heavy atom. The first kappa shape index (κ1) is 24.1. The van der Waals surface area contributed by atoms with Gasteiger partial charge < -0.3 is 10.1 Å². The molecule has 0 aliphatic carbocycles. The predicted molar refractivity (Wildman–Crippen MR) is 137 cm³/mol. The smallest absolute Gasteiger partial charge is 0.273 e. The molecule has 0 spiro atoms. The lowest BCUT2D eigenvalue weighted by molar-refractivity contribution is -0.385. The summed E-state index contributed by atoms with van der Waals surface area (Å²) in [7, 11) is 0. The monoisotopic (exact) mass is 489 g/mol. The first-order valence-electron chi connectivity index (χ1n) is 12.4. The highest BCUT2D eigenvalue weighted by Crippen LogP contribution is 2.32. The second-order valence-corrected chi connectivity index (χ2v) is 9.87. The first-order valence-corrected chi connectivity index (χ1v) is 12.4. The molecule has 188 valence electrons. The minimum absolute atomic E-state index is 0.0138. The van der Waals surface area contributed by atoms with E-state index in [-0.39, 0.29) is 34.6 Å². The number of allylic oxidation sites excluding steroid dienone is 2. The Morgan fingerprint density at radius 1 is 1.14 bits per heavy atom. The first-order chi connectivity index (χ1) is 17.4. The molecule has 9 heteroatoms. The van der Waals surface area contributed by atoms with Crippen LogP contribution < -0.4 is 5.32 Å². The number of benzene rings is 2. The van der Waals surface area contributed by atoms with Crippen LogP contribution >= 0.6 is 0 Å². The zero-order chi connectivity index (χ0) is 25.2. The van der Waals surface area contributed by atoms with Crippen LogP contribution in [0.5, 0.6) is 0 Å². The summed E-state index contributed by atoms with van der Waals surface area (Å²) in [6, 6.07) is 14.8. The number of ether oxygens (including phenoxy) is 1. The lowest BCUT2D eigenvalue weighted by atomic mass is 9.89. The van der Waals surface area contributed by atoms with Crippen LogP contribution in [0.4, 0.5) is 5.69 Å². The van der Waals surface area contributed by atoms with Crippen molar-refractivity contribution in [1.29, 1.82) is 0 Å². The minimum atomic E-state index is -0.324. The van der Waals surface area contributed by atoms with Gasteiger partial charge in [-0.1, -0.05) is 48.0 Å². The van der Waals surface area contributed by atoms with Gasteiger partial charge in [0.05, 0.1) is 30.2 Å². The van der Waals surface area contributed by atoms with Crippen molar-refractivity contribution in [3.8, 4) is 0 Å². The lowest BCUT2D eigenvalue weighted by Gasteiger charge is -2.48. The molecule has 3 aromatic rings. The highest BCUT2D eigenvalue weighted by atomic mass is 16.6. The number of amides is 1. The number of nitrogens with one attached hydrogen (secondary N) is 1. The second kappa shape index (κ2) is 10.2. The highest BCUT2D eigenvalue weighted by Gasteiger charge is 2.40. The van der Waals surface area contributed by atoms with Crippen LogP contribution in [-0.2, 0) is 17.8 Å². The molecule has 2 aliphatic heterocycles. The van der Waals surface area contributed by atoms with Gasteiger partial charge in [-0.2, -0.15) is 5.10 Å². The summed E-state index contributed by atoms with van der Waals surface area (Å²) in [5, 5.41) is 20.2. The van der Waals surface area contributed by atoms with E-state index in [0.717, 1.165) is 23.7 Å². The summed E-state index contributed by atoms with van der Waals surface area (Å²) in [6.07, 6.45) is 3.54. The van der Waals surface area contributed by atoms with Crippen molar-refractivity contribution in [3.05, 3.63) is 81.6 Å². The number of piperidine rings is 1. The molecule has 1 aromatic heterocycles. The van der Waals surface area contributed by atoms with Gasteiger partial charge in [0.15, 0.2) is 5.69 Å². The Balaban J connectivity index is 1.32. The summed E-state index contributed by atoms with van der Waals surface area (Å²) in [5.74, 6) is -0.168. The SMILES string of the molecule is CC(C)=CCn1nc(C(=O)NC2CC3COCC(C2)N3Cc2ccccc2[N+](=O)[O-])c2ccccc21. The van der Waals surface area contributed by atoms with Crippen LogP contribution in [0.25, 0.3) is 10.9 Å². The Kier molecular flexibility index (Phi) is 6.84. The number of nitro groups is 1. The van der Waals surface area contributed by atoms with Gasteiger partial charge in [-0.05, 0) is 32.8 Å². The van der Waals surface area contributed by atoms with Gasteiger partial charge in [0.2, 0.25) is 0 Å². The number of carbonyl (C=O) groups excluding carboxylic acids is 1. The Morgan fingerprint density at radius 3 is 2.56 bits per heavy atom. The van der Waals surface area contributed by atoms with Crippen LogP contribution in [0.3, 0.4) is 0 Å². The maximum absolute atomic E-state index is 13.4. The van der Waals surface area contributed by atoms with Gasteiger partial charge in [-0.25, -0.2) is 0 Å². The molecule has 2 bridgehead atoms. The number of carbonyl (C=O) groups is 1. The maximum Gasteiger partial charge on any atom is 0.273 e. The number of hydrogen-bond donors (Lipinski definition) is 1. The summed E-state index contributed by atoms with van der Waals surface area (Å²) in [4.78, 5) is 26.8. The molecular weight excluding hydrogens is 458 g/mol. The van der Waals surface area contributed by atoms with E-state index in [4.69, 9.17) is 4.74 Å². The molecule has 2 atom stereocenters. The molecule has 1 amide bonds. The van der Waals surface area contributed by atoms with Gasteiger partial charge in [0.1, 0.15) is 0 Å². The lowest BCUT2D eigenvalue weighted by Crippen LogP contribution is -2.60. The Hall–Kier alpha value is -3.56. The Labute approximate surface area is 209 Å². The van der Waals surface area contributed by atoms with E-state index < -0.39 is 0 Å². The average molecular weight is 490 g/mol. The molecule has 2 saturated heterocycles. The molecule has 9 nitrogen and oxygen atoms in total. The van der Waals surface area contributed by atoms with Crippen LogP contribution in [0.15, 0.2) is 60.2 Å². The van der Waals surface area contributed by atoms with Gasteiger partial charge in [0.25, 0.3) is 11.6 Å². The summed E-state index contributed by atoms with van der Waals surface area (Å²) in [6.45, 7) is 6.29. The van der Waals surface area contributed by atoms with E-state index in [0.29, 0.717) is 37.6 Å². The van der Waals surface area contributed by atoms with Gasteiger partial charge in [-0.15, -0.1) is 0 Å². The van der Waals surface area contributed by atoms with Crippen molar-refractivity contribution < 1.29 is 14.5 Å². The number of rotatable bonds is 7. The zero-order valence-electron chi connectivity index (χ0n) is 20.6. The highest BCUT2D eigenvalue weighted by molar-refractivity contribution is 6.05. The van der Waals surface area contributed by atoms with Crippen molar-refractivity contribution in [2.24, 2.45) is 0 Å². The van der Waals surface area contributed by atoms with E-state index in [9.17, 15) is 14.9 Å². The maximum atomic E-state index is 13.4. The molecule has 2 aromatic carbocycles. The molecule has 0 saturated carbocycles. The van der Waals surface area contributed by atoms with Gasteiger partial charge >= 0.3 is 0 Å². The predicted octanol–water partition coefficient (Wildman–Crippen LogP) is 4.07. The third-order valence-corrected chi connectivity index (χ3v) is 7.09. The molecule has 36 heavy (non-hydrogen) atoms. The van der Waals surface area contributed by atoms with Crippen molar-refractivity contribution in [2.75, 3.05) is 13.2 Å². The van der Waals surface area contributed by atoms with Crippen molar-refractivity contribution in [3.63, 3.8) is 0 Å². The fraction of sp³-hybridized carbons (Fsp3) is 0.407. The fourth-order valence-corrected chi connectivity index (χ4v) is 5.34. The minimum Gasteiger partial charge on any atom is -0.378 e. The van der Waals surface area contributed by atoms with E-state index >= 15 is 0 Å². The van der Waals surface area contributed by atoms with Crippen LogP contribution in [0.1, 0.15) is 42.7 Å². The van der Waals surface area contributed by atoms with Crippen molar-refractivity contribution >= 4 is 22.5 Å². The van der Waals surface area contributed by atoms with Gasteiger partial charge in [-0.3, -0.25) is 24.5 Å². The van der Waals surface area contributed by atoms with Crippen LogP contribution in [0.2, 0.25) is 0 Å².